The van der Waals surface area contributed by atoms with Gasteiger partial charge in [-0.3, -0.25) is 0 Å². The fourth-order valence-electron chi connectivity index (χ4n) is 4.60. The standard InChI is InChI=1S/C24H34N6OS/c1-30(2)22-20-6-4-5-7-21(20)28-23(29-22)25-16-8-10-17(11-9-16)26-24(32)27-18-12-14-19(31-3)15-13-18/h12-17H,4-11H2,1-3H3,(H,25,28,29)(H2,26,27,32). The van der Waals surface area contributed by atoms with Crippen molar-refractivity contribution < 1.29 is 4.74 Å². The molecule has 0 spiro atoms. The van der Waals surface area contributed by atoms with E-state index in [1.54, 1.807) is 7.11 Å². The van der Waals surface area contributed by atoms with E-state index in [2.05, 4.69) is 34.9 Å². The van der Waals surface area contributed by atoms with Crippen LogP contribution in [0.15, 0.2) is 24.3 Å². The van der Waals surface area contributed by atoms with Gasteiger partial charge in [0.25, 0.3) is 0 Å². The molecule has 4 rings (SSSR count). The normalized spacial score (nSPS) is 20.1. The molecule has 0 saturated heterocycles. The Morgan fingerprint density at radius 2 is 1.69 bits per heavy atom. The van der Waals surface area contributed by atoms with Crippen molar-refractivity contribution in [1.29, 1.82) is 0 Å². The first-order valence-electron chi connectivity index (χ1n) is 11.6. The number of ether oxygens (including phenoxy) is 1. The summed E-state index contributed by atoms with van der Waals surface area (Å²) in [5.41, 5.74) is 3.51. The minimum absolute atomic E-state index is 0.382. The van der Waals surface area contributed by atoms with Gasteiger partial charge in [0.15, 0.2) is 5.11 Å². The summed E-state index contributed by atoms with van der Waals surface area (Å²) in [6.07, 6.45) is 8.86. The van der Waals surface area contributed by atoms with E-state index in [1.807, 2.05) is 24.3 Å². The summed E-state index contributed by atoms with van der Waals surface area (Å²) in [4.78, 5) is 11.8. The van der Waals surface area contributed by atoms with Crippen molar-refractivity contribution in [3.05, 3.63) is 35.5 Å². The summed E-state index contributed by atoms with van der Waals surface area (Å²) in [7, 11) is 5.81. The number of fused-ring (bicyclic) bond motifs is 1. The lowest BCUT2D eigenvalue weighted by Gasteiger charge is -2.31. The van der Waals surface area contributed by atoms with Gasteiger partial charge in [-0.2, -0.15) is 4.98 Å². The van der Waals surface area contributed by atoms with E-state index >= 15 is 0 Å². The Bertz CT molecular complexity index is 925. The zero-order valence-electron chi connectivity index (χ0n) is 19.3. The summed E-state index contributed by atoms with van der Waals surface area (Å²) in [5.74, 6) is 2.69. The van der Waals surface area contributed by atoms with Gasteiger partial charge in [0.2, 0.25) is 5.95 Å². The molecule has 7 nitrogen and oxygen atoms in total. The van der Waals surface area contributed by atoms with Gasteiger partial charge in [-0.15, -0.1) is 0 Å². The van der Waals surface area contributed by atoms with Gasteiger partial charge in [0.1, 0.15) is 11.6 Å². The van der Waals surface area contributed by atoms with Crippen LogP contribution in [-0.2, 0) is 12.8 Å². The highest BCUT2D eigenvalue weighted by Crippen LogP contribution is 2.29. The number of aromatic nitrogens is 2. The molecule has 32 heavy (non-hydrogen) atoms. The Morgan fingerprint density at radius 1 is 1.00 bits per heavy atom. The second kappa shape index (κ2) is 10.3. The van der Waals surface area contributed by atoms with Crippen LogP contribution in [-0.4, -0.2) is 48.4 Å². The van der Waals surface area contributed by atoms with Crippen LogP contribution in [0.3, 0.4) is 0 Å². The van der Waals surface area contributed by atoms with Gasteiger partial charge < -0.3 is 25.6 Å². The van der Waals surface area contributed by atoms with Gasteiger partial charge in [0, 0.05) is 37.4 Å². The van der Waals surface area contributed by atoms with Gasteiger partial charge in [-0.25, -0.2) is 4.98 Å². The molecule has 1 saturated carbocycles. The third-order valence-electron chi connectivity index (χ3n) is 6.33. The topological polar surface area (TPSA) is 74.3 Å². The van der Waals surface area contributed by atoms with E-state index in [4.69, 9.17) is 26.9 Å². The molecule has 2 aromatic rings. The van der Waals surface area contributed by atoms with Crippen molar-refractivity contribution in [2.24, 2.45) is 0 Å². The Balaban J connectivity index is 1.28. The summed E-state index contributed by atoms with van der Waals surface area (Å²) in [6, 6.07) is 8.56. The highest BCUT2D eigenvalue weighted by Gasteiger charge is 2.24. The molecule has 0 aliphatic heterocycles. The molecule has 1 aromatic heterocycles. The molecule has 0 bridgehead atoms. The average Bonchev–Trinajstić information content (AvgIpc) is 2.80. The minimum Gasteiger partial charge on any atom is -0.497 e. The smallest absolute Gasteiger partial charge is 0.225 e. The molecular weight excluding hydrogens is 420 g/mol. The van der Waals surface area contributed by atoms with Crippen molar-refractivity contribution in [3.8, 4) is 5.75 Å². The van der Waals surface area contributed by atoms with Crippen molar-refractivity contribution in [2.45, 2.75) is 63.5 Å². The van der Waals surface area contributed by atoms with E-state index in [1.165, 1.54) is 24.1 Å². The SMILES string of the molecule is COc1ccc(NC(=S)NC2CCC(Nc3nc4c(c(N(C)C)n3)CCCC4)CC2)cc1. The lowest BCUT2D eigenvalue weighted by atomic mass is 9.91. The molecule has 0 radical (unpaired) electrons. The number of thiocarbonyl (C=S) groups is 1. The van der Waals surface area contributed by atoms with Crippen molar-refractivity contribution >= 4 is 34.8 Å². The van der Waals surface area contributed by atoms with Crippen LogP contribution >= 0.6 is 12.2 Å². The Morgan fingerprint density at radius 3 is 2.38 bits per heavy atom. The zero-order chi connectivity index (χ0) is 22.5. The molecule has 3 N–H and O–H groups in total. The molecule has 8 heteroatoms. The number of nitrogens with zero attached hydrogens (tertiary/aromatic N) is 3. The zero-order valence-corrected chi connectivity index (χ0v) is 20.1. The number of anilines is 3. The lowest BCUT2D eigenvalue weighted by molar-refractivity contribution is 0.387. The maximum absolute atomic E-state index is 5.51. The third kappa shape index (κ3) is 5.59. The highest BCUT2D eigenvalue weighted by atomic mass is 32.1. The van der Waals surface area contributed by atoms with E-state index in [9.17, 15) is 0 Å². The van der Waals surface area contributed by atoms with Gasteiger partial charge >= 0.3 is 0 Å². The summed E-state index contributed by atoms with van der Waals surface area (Å²) in [5, 5.41) is 11.0. The molecule has 0 unspecified atom stereocenters. The van der Waals surface area contributed by atoms with Crippen LogP contribution in [0.2, 0.25) is 0 Å². The molecule has 2 aliphatic rings. The second-order valence-electron chi connectivity index (χ2n) is 8.92. The predicted octanol–water partition coefficient (Wildman–Crippen LogP) is 4.14. The van der Waals surface area contributed by atoms with Crippen LogP contribution < -0.4 is 25.6 Å². The molecule has 1 aromatic carbocycles. The largest absolute Gasteiger partial charge is 0.497 e. The first kappa shape index (κ1) is 22.6. The maximum Gasteiger partial charge on any atom is 0.225 e. The fraction of sp³-hybridized carbons (Fsp3) is 0.542. The summed E-state index contributed by atoms with van der Waals surface area (Å²) >= 11 is 5.51. The maximum atomic E-state index is 5.51. The second-order valence-corrected chi connectivity index (χ2v) is 9.33. The number of aryl methyl sites for hydroxylation is 1. The van der Waals surface area contributed by atoms with Gasteiger partial charge in [-0.1, -0.05) is 0 Å². The Labute approximate surface area is 196 Å². The molecule has 2 aliphatic carbocycles. The van der Waals surface area contributed by atoms with Crippen molar-refractivity contribution in [2.75, 3.05) is 36.7 Å². The number of benzene rings is 1. The fourth-order valence-corrected chi connectivity index (χ4v) is 4.88. The van der Waals surface area contributed by atoms with E-state index in [0.717, 1.165) is 61.7 Å². The first-order chi connectivity index (χ1) is 15.5. The summed E-state index contributed by atoms with van der Waals surface area (Å²) in [6.45, 7) is 0. The Hall–Kier alpha value is -2.61. The predicted molar refractivity (Wildman–Crippen MR) is 135 cm³/mol. The van der Waals surface area contributed by atoms with Crippen LogP contribution in [0.4, 0.5) is 17.5 Å². The van der Waals surface area contributed by atoms with Crippen molar-refractivity contribution in [3.63, 3.8) is 0 Å². The van der Waals surface area contributed by atoms with Gasteiger partial charge in [0.05, 0.1) is 12.8 Å². The average molecular weight is 455 g/mol. The van der Waals surface area contributed by atoms with E-state index in [0.29, 0.717) is 17.2 Å². The molecule has 1 fully saturated rings. The monoisotopic (exact) mass is 454 g/mol. The quantitative estimate of drug-likeness (QED) is 0.563. The molecule has 0 amide bonds. The molecule has 172 valence electrons. The van der Waals surface area contributed by atoms with Gasteiger partial charge in [-0.05, 0) is 87.8 Å². The third-order valence-corrected chi connectivity index (χ3v) is 6.55. The molecule has 0 atom stereocenters. The van der Waals surface area contributed by atoms with Crippen LogP contribution in [0.5, 0.6) is 5.75 Å². The first-order valence-corrected chi connectivity index (χ1v) is 12.0. The molecular formula is C24H34N6OS. The number of hydrogen-bond donors (Lipinski definition) is 3. The van der Waals surface area contributed by atoms with Crippen LogP contribution in [0, 0.1) is 0 Å². The number of hydrogen-bond acceptors (Lipinski definition) is 6. The lowest BCUT2D eigenvalue weighted by Crippen LogP contribution is -2.42. The summed E-state index contributed by atoms with van der Waals surface area (Å²) < 4.78 is 5.20. The number of rotatable bonds is 6. The Kier molecular flexibility index (Phi) is 7.29. The number of methoxy groups -OCH3 is 1. The van der Waals surface area contributed by atoms with Crippen molar-refractivity contribution in [1.82, 2.24) is 15.3 Å². The van der Waals surface area contributed by atoms with E-state index in [-0.39, 0.29) is 0 Å². The number of nitrogens with one attached hydrogen (secondary N) is 3. The highest BCUT2D eigenvalue weighted by molar-refractivity contribution is 7.80. The van der Waals surface area contributed by atoms with Crippen LogP contribution in [0.25, 0.3) is 0 Å². The van der Waals surface area contributed by atoms with E-state index < -0.39 is 0 Å². The molecule has 1 heterocycles. The minimum atomic E-state index is 0.382. The van der Waals surface area contributed by atoms with Crippen LogP contribution in [0.1, 0.15) is 49.8 Å².